The molecule has 0 bridgehead atoms. The summed E-state index contributed by atoms with van der Waals surface area (Å²) in [6.45, 7) is 1.96. The number of hydrogen-bond donors (Lipinski definition) is 0. The zero-order chi connectivity index (χ0) is 12.3. The van der Waals surface area contributed by atoms with Crippen LogP contribution in [0.4, 0.5) is 0 Å². The minimum absolute atomic E-state index is 0.0620. The molecule has 3 nitrogen and oxygen atoms in total. The molecule has 2 aromatic rings. The first-order valence-corrected chi connectivity index (χ1v) is 5.52. The summed E-state index contributed by atoms with van der Waals surface area (Å²) < 4.78 is 10.5. The van der Waals surface area contributed by atoms with Gasteiger partial charge < -0.3 is 9.15 Å². The van der Waals surface area contributed by atoms with E-state index in [0.29, 0.717) is 29.1 Å². The van der Waals surface area contributed by atoms with Crippen molar-refractivity contribution in [3.63, 3.8) is 0 Å². The van der Waals surface area contributed by atoms with Crippen molar-refractivity contribution in [2.75, 3.05) is 7.11 Å². The Balaban J connectivity index is 2.44. The van der Waals surface area contributed by atoms with Crippen molar-refractivity contribution in [3.8, 4) is 5.75 Å². The van der Waals surface area contributed by atoms with Gasteiger partial charge in [0, 0.05) is 6.42 Å². The van der Waals surface area contributed by atoms with Crippen LogP contribution in [-0.2, 0) is 6.42 Å². The molecule has 0 N–H and O–H groups in total. The van der Waals surface area contributed by atoms with Gasteiger partial charge in [0.1, 0.15) is 11.5 Å². The van der Waals surface area contributed by atoms with Crippen molar-refractivity contribution < 1.29 is 13.9 Å². The quantitative estimate of drug-likeness (QED) is 0.758. The molecule has 0 fully saturated rings. The van der Waals surface area contributed by atoms with Gasteiger partial charge in [-0.25, -0.2) is 0 Å². The van der Waals surface area contributed by atoms with Crippen LogP contribution in [-0.4, -0.2) is 12.9 Å². The first kappa shape index (κ1) is 11.5. The van der Waals surface area contributed by atoms with Crippen LogP contribution in [0, 0.1) is 0 Å². The van der Waals surface area contributed by atoms with Gasteiger partial charge >= 0.3 is 0 Å². The van der Waals surface area contributed by atoms with Crippen molar-refractivity contribution in [2.45, 2.75) is 13.3 Å². The van der Waals surface area contributed by atoms with Gasteiger partial charge in [-0.3, -0.25) is 4.79 Å². The Bertz CT molecular complexity index is 526. The minimum atomic E-state index is -0.0620. The van der Waals surface area contributed by atoms with Crippen molar-refractivity contribution in [3.05, 3.63) is 53.5 Å². The van der Waals surface area contributed by atoms with E-state index < -0.39 is 0 Å². The van der Waals surface area contributed by atoms with E-state index in [0.717, 1.165) is 0 Å². The largest absolute Gasteiger partial charge is 0.496 e. The molecule has 17 heavy (non-hydrogen) atoms. The molecule has 88 valence electrons. The Hall–Kier alpha value is -2.03. The van der Waals surface area contributed by atoms with Gasteiger partial charge in [0.05, 0.1) is 24.5 Å². The Morgan fingerprint density at radius 2 is 2.00 bits per heavy atom. The number of carbonyl (C=O) groups is 1. The molecular weight excluding hydrogens is 216 g/mol. The maximum atomic E-state index is 12.3. The number of ketones is 1. The van der Waals surface area contributed by atoms with E-state index in [2.05, 4.69) is 0 Å². The maximum Gasteiger partial charge on any atom is 0.200 e. The van der Waals surface area contributed by atoms with Gasteiger partial charge in [0.15, 0.2) is 5.78 Å². The van der Waals surface area contributed by atoms with E-state index in [1.807, 2.05) is 19.1 Å². The molecule has 0 radical (unpaired) electrons. The van der Waals surface area contributed by atoms with E-state index in [-0.39, 0.29) is 5.78 Å². The topological polar surface area (TPSA) is 39.4 Å². The Labute approximate surface area is 100 Å². The first-order valence-electron chi connectivity index (χ1n) is 5.52. The van der Waals surface area contributed by atoms with E-state index >= 15 is 0 Å². The summed E-state index contributed by atoms with van der Waals surface area (Å²) in [5.74, 6) is 1.23. The molecule has 1 aromatic carbocycles. The highest BCUT2D eigenvalue weighted by atomic mass is 16.5. The Morgan fingerprint density at radius 1 is 1.24 bits per heavy atom. The number of ether oxygens (including phenoxy) is 1. The van der Waals surface area contributed by atoms with Crippen LogP contribution in [0.2, 0.25) is 0 Å². The maximum absolute atomic E-state index is 12.3. The molecule has 1 heterocycles. The second-order valence-electron chi connectivity index (χ2n) is 3.64. The number of aryl methyl sites for hydroxylation is 1. The van der Waals surface area contributed by atoms with Gasteiger partial charge in [-0.2, -0.15) is 0 Å². The third kappa shape index (κ3) is 2.09. The Morgan fingerprint density at radius 3 is 2.71 bits per heavy atom. The molecule has 0 aliphatic heterocycles. The smallest absolute Gasteiger partial charge is 0.200 e. The lowest BCUT2D eigenvalue weighted by molar-refractivity contribution is 0.103. The fourth-order valence-corrected chi connectivity index (χ4v) is 1.79. The SMILES string of the molecule is CCc1occc1C(=O)c1ccccc1OC. The number of furan rings is 1. The number of para-hydroxylation sites is 1. The molecule has 0 saturated carbocycles. The fraction of sp³-hybridized carbons (Fsp3) is 0.214. The first-order chi connectivity index (χ1) is 8.27. The molecule has 0 atom stereocenters. The number of benzene rings is 1. The summed E-state index contributed by atoms with van der Waals surface area (Å²) in [5.41, 5.74) is 1.17. The van der Waals surface area contributed by atoms with E-state index in [9.17, 15) is 4.79 Å². The van der Waals surface area contributed by atoms with Crippen molar-refractivity contribution in [2.24, 2.45) is 0 Å². The molecule has 2 rings (SSSR count). The fourth-order valence-electron chi connectivity index (χ4n) is 1.79. The third-order valence-corrected chi connectivity index (χ3v) is 2.66. The molecule has 0 spiro atoms. The van der Waals surface area contributed by atoms with Crippen LogP contribution in [0.25, 0.3) is 0 Å². The van der Waals surface area contributed by atoms with Crippen LogP contribution >= 0.6 is 0 Å². The van der Waals surface area contributed by atoms with E-state index in [1.165, 1.54) is 0 Å². The molecule has 0 unspecified atom stereocenters. The zero-order valence-electron chi connectivity index (χ0n) is 9.90. The molecule has 0 aliphatic carbocycles. The molecular formula is C14H14O3. The summed E-state index contributed by atoms with van der Waals surface area (Å²) in [6, 6.07) is 8.90. The molecule has 0 saturated heterocycles. The van der Waals surface area contributed by atoms with Crippen molar-refractivity contribution in [1.29, 1.82) is 0 Å². The van der Waals surface area contributed by atoms with Crippen LogP contribution in [0.3, 0.4) is 0 Å². The average molecular weight is 230 g/mol. The van der Waals surface area contributed by atoms with Gasteiger partial charge in [-0.05, 0) is 18.2 Å². The second kappa shape index (κ2) is 4.87. The van der Waals surface area contributed by atoms with Crippen LogP contribution in [0.5, 0.6) is 5.75 Å². The van der Waals surface area contributed by atoms with Crippen molar-refractivity contribution >= 4 is 5.78 Å². The monoisotopic (exact) mass is 230 g/mol. The van der Waals surface area contributed by atoms with Gasteiger partial charge in [0.2, 0.25) is 0 Å². The summed E-state index contributed by atoms with van der Waals surface area (Å²) in [5, 5.41) is 0. The summed E-state index contributed by atoms with van der Waals surface area (Å²) in [6.07, 6.45) is 2.24. The normalized spacial score (nSPS) is 10.2. The van der Waals surface area contributed by atoms with E-state index in [4.69, 9.17) is 9.15 Å². The number of hydrogen-bond acceptors (Lipinski definition) is 3. The highest BCUT2D eigenvalue weighted by Crippen LogP contribution is 2.23. The Kier molecular flexibility index (Phi) is 3.28. The second-order valence-corrected chi connectivity index (χ2v) is 3.64. The summed E-state index contributed by atoms with van der Waals surface area (Å²) in [7, 11) is 1.56. The van der Waals surface area contributed by atoms with Gasteiger partial charge in [-0.15, -0.1) is 0 Å². The standard InChI is InChI=1S/C14H14O3/c1-3-12-11(8-9-17-12)14(15)10-6-4-5-7-13(10)16-2/h4-9H,3H2,1-2H3. The lowest BCUT2D eigenvalue weighted by Gasteiger charge is -2.06. The highest BCUT2D eigenvalue weighted by Gasteiger charge is 2.18. The van der Waals surface area contributed by atoms with Gasteiger partial charge in [0.25, 0.3) is 0 Å². The highest BCUT2D eigenvalue weighted by molar-refractivity contribution is 6.11. The molecule has 3 heteroatoms. The summed E-state index contributed by atoms with van der Waals surface area (Å²) in [4.78, 5) is 12.3. The molecule has 0 aliphatic rings. The lowest BCUT2D eigenvalue weighted by Crippen LogP contribution is -2.04. The number of carbonyl (C=O) groups excluding carboxylic acids is 1. The minimum Gasteiger partial charge on any atom is -0.496 e. The third-order valence-electron chi connectivity index (χ3n) is 2.66. The van der Waals surface area contributed by atoms with Gasteiger partial charge in [-0.1, -0.05) is 19.1 Å². The van der Waals surface area contributed by atoms with E-state index in [1.54, 1.807) is 31.6 Å². The van der Waals surface area contributed by atoms with Crippen LogP contribution in [0.1, 0.15) is 28.6 Å². The molecule has 1 aromatic heterocycles. The van der Waals surface area contributed by atoms with Crippen LogP contribution < -0.4 is 4.74 Å². The molecule has 0 amide bonds. The summed E-state index contributed by atoms with van der Waals surface area (Å²) >= 11 is 0. The van der Waals surface area contributed by atoms with Crippen LogP contribution in [0.15, 0.2) is 41.0 Å². The zero-order valence-corrected chi connectivity index (χ0v) is 9.90. The predicted octanol–water partition coefficient (Wildman–Crippen LogP) is 3.08. The lowest BCUT2D eigenvalue weighted by atomic mass is 10.0. The number of rotatable bonds is 4. The number of methoxy groups -OCH3 is 1. The average Bonchev–Trinajstić information content (AvgIpc) is 2.86. The predicted molar refractivity (Wildman–Crippen MR) is 64.5 cm³/mol. The van der Waals surface area contributed by atoms with Crippen molar-refractivity contribution in [1.82, 2.24) is 0 Å².